The number of nitrogens with zero attached hydrogens (tertiary/aromatic N) is 1. The Morgan fingerprint density at radius 2 is 2.05 bits per heavy atom. The van der Waals surface area contributed by atoms with Gasteiger partial charge in [-0.15, -0.1) is 0 Å². The average Bonchev–Trinajstić information content (AvgIpc) is 3.26. The number of rotatable bonds is 5. The number of hydrogen-bond acceptors (Lipinski definition) is 4. The Bertz CT molecular complexity index is 528. The third-order valence-corrected chi connectivity index (χ3v) is 4.27. The number of carbonyl (C=O) groups excluding carboxylic acids is 1. The number of methoxy groups -OCH3 is 2. The maximum Gasteiger partial charge on any atom is 0.255 e. The summed E-state index contributed by atoms with van der Waals surface area (Å²) in [6.07, 6.45) is 3.65. The van der Waals surface area contributed by atoms with E-state index in [4.69, 9.17) is 9.47 Å². The summed E-state index contributed by atoms with van der Waals surface area (Å²) in [5.74, 6) is 1.16. The summed E-state index contributed by atoms with van der Waals surface area (Å²) in [6.45, 7) is 2.06. The second-order valence-corrected chi connectivity index (χ2v) is 5.75. The van der Waals surface area contributed by atoms with Crippen LogP contribution in [0.1, 0.15) is 29.6 Å². The molecular formula is C16H22N2O3. The smallest absolute Gasteiger partial charge is 0.255 e. The highest BCUT2D eigenvalue weighted by atomic mass is 16.5. The summed E-state index contributed by atoms with van der Waals surface area (Å²) in [4.78, 5) is 14.9. The van der Waals surface area contributed by atoms with E-state index in [0.717, 1.165) is 25.6 Å². The molecule has 5 heteroatoms. The molecule has 114 valence electrons. The summed E-state index contributed by atoms with van der Waals surface area (Å²) in [5.41, 5.74) is 0.558. The normalized spacial score (nSPS) is 22.1. The van der Waals surface area contributed by atoms with Gasteiger partial charge in [-0.2, -0.15) is 0 Å². The van der Waals surface area contributed by atoms with Gasteiger partial charge in [0, 0.05) is 31.2 Å². The van der Waals surface area contributed by atoms with Crippen LogP contribution in [0.25, 0.3) is 0 Å². The SMILES string of the molecule is COc1ccc(C(=O)N[C@@H]2CCN(C3CC3)C2)c(OC)c1. The number of amides is 1. The van der Waals surface area contributed by atoms with Gasteiger partial charge in [-0.3, -0.25) is 9.69 Å². The predicted molar refractivity (Wildman–Crippen MR) is 80.0 cm³/mol. The quantitative estimate of drug-likeness (QED) is 0.896. The first-order valence-corrected chi connectivity index (χ1v) is 7.48. The van der Waals surface area contributed by atoms with Crippen molar-refractivity contribution in [1.29, 1.82) is 0 Å². The monoisotopic (exact) mass is 290 g/mol. The average molecular weight is 290 g/mol. The van der Waals surface area contributed by atoms with Gasteiger partial charge in [0.1, 0.15) is 11.5 Å². The highest BCUT2D eigenvalue weighted by molar-refractivity contribution is 5.97. The second kappa shape index (κ2) is 5.93. The van der Waals surface area contributed by atoms with E-state index in [1.54, 1.807) is 32.4 Å². The second-order valence-electron chi connectivity index (χ2n) is 5.75. The van der Waals surface area contributed by atoms with Crippen molar-refractivity contribution in [3.05, 3.63) is 23.8 Å². The number of nitrogens with one attached hydrogen (secondary N) is 1. The topological polar surface area (TPSA) is 50.8 Å². The summed E-state index contributed by atoms with van der Waals surface area (Å²) >= 11 is 0. The highest BCUT2D eigenvalue weighted by Crippen LogP contribution is 2.30. The lowest BCUT2D eigenvalue weighted by atomic mass is 10.1. The fourth-order valence-corrected chi connectivity index (χ4v) is 2.93. The van der Waals surface area contributed by atoms with E-state index in [-0.39, 0.29) is 11.9 Å². The van der Waals surface area contributed by atoms with Crippen molar-refractivity contribution in [2.45, 2.75) is 31.3 Å². The number of benzene rings is 1. The predicted octanol–water partition coefficient (Wildman–Crippen LogP) is 1.67. The molecule has 5 nitrogen and oxygen atoms in total. The van der Waals surface area contributed by atoms with Crippen molar-refractivity contribution in [2.24, 2.45) is 0 Å². The minimum atomic E-state index is -0.0721. The molecule has 1 aliphatic carbocycles. The van der Waals surface area contributed by atoms with Gasteiger partial charge in [0.05, 0.1) is 19.8 Å². The summed E-state index contributed by atoms with van der Waals surface area (Å²) in [7, 11) is 3.16. The summed E-state index contributed by atoms with van der Waals surface area (Å²) < 4.78 is 10.4. The molecule has 2 fully saturated rings. The van der Waals surface area contributed by atoms with E-state index in [9.17, 15) is 4.79 Å². The Morgan fingerprint density at radius 3 is 2.71 bits per heavy atom. The Kier molecular flexibility index (Phi) is 4.01. The molecular weight excluding hydrogens is 268 g/mol. The van der Waals surface area contributed by atoms with Crippen molar-refractivity contribution in [3.8, 4) is 11.5 Å². The molecule has 1 aliphatic heterocycles. The van der Waals surface area contributed by atoms with Gasteiger partial charge in [0.15, 0.2) is 0 Å². The number of ether oxygens (including phenoxy) is 2. The van der Waals surface area contributed by atoms with E-state index in [1.807, 2.05) is 0 Å². The van der Waals surface area contributed by atoms with Crippen molar-refractivity contribution in [1.82, 2.24) is 10.2 Å². The molecule has 1 aromatic rings. The third-order valence-electron chi connectivity index (χ3n) is 4.27. The first-order valence-electron chi connectivity index (χ1n) is 7.48. The van der Waals surface area contributed by atoms with E-state index in [1.165, 1.54) is 12.8 Å². The molecule has 1 saturated heterocycles. The van der Waals surface area contributed by atoms with Crippen molar-refractivity contribution < 1.29 is 14.3 Å². The van der Waals surface area contributed by atoms with Gasteiger partial charge in [0.25, 0.3) is 5.91 Å². The molecule has 1 atom stereocenters. The van der Waals surface area contributed by atoms with Gasteiger partial charge >= 0.3 is 0 Å². The van der Waals surface area contributed by atoms with Crippen LogP contribution in [-0.2, 0) is 0 Å². The first-order chi connectivity index (χ1) is 10.2. The highest BCUT2D eigenvalue weighted by Gasteiger charge is 2.35. The zero-order valence-corrected chi connectivity index (χ0v) is 12.6. The molecule has 0 bridgehead atoms. The van der Waals surface area contributed by atoms with E-state index in [0.29, 0.717) is 17.1 Å². The summed E-state index contributed by atoms with van der Waals surface area (Å²) in [6, 6.07) is 6.27. The minimum absolute atomic E-state index is 0.0721. The zero-order valence-electron chi connectivity index (χ0n) is 12.6. The van der Waals surface area contributed by atoms with Gasteiger partial charge in [0.2, 0.25) is 0 Å². The van der Waals surface area contributed by atoms with E-state index < -0.39 is 0 Å². The lowest BCUT2D eigenvalue weighted by Gasteiger charge is -2.16. The van der Waals surface area contributed by atoms with Gasteiger partial charge in [-0.25, -0.2) is 0 Å². The minimum Gasteiger partial charge on any atom is -0.497 e. The Morgan fingerprint density at radius 1 is 1.24 bits per heavy atom. The molecule has 0 spiro atoms. The van der Waals surface area contributed by atoms with E-state index >= 15 is 0 Å². The molecule has 1 amide bonds. The van der Waals surface area contributed by atoms with Crippen LogP contribution >= 0.6 is 0 Å². The molecule has 1 aromatic carbocycles. The molecule has 1 heterocycles. The fraction of sp³-hybridized carbons (Fsp3) is 0.562. The number of likely N-dealkylation sites (tertiary alicyclic amines) is 1. The van der Waals surface area contributed by atoms with E-state index in [2.05, 4.69) is 10.2 Å². The molecule has 21 heavy (non-hydrogen) atoms. The van der Waals surface area contributed by atoms with Crippen LogP contribution in [0.15, 0.2) is 18.2 Å². The molecule has 0 radical (unpaired) electrons. The number of hydrogen-bond donors (Lipinski definition) is 1. The zero-order chi connectivity index (χ0) is 14.8. The Hall–Kier alpha value is -1.75. The van der Waals surface area contributed by atoms with Gasteiger partial charge < -0.3 is 14.8 Å². The number of carbonyl (C=O) groups is 1. The van der Waals surface area contributed by atoms with Gasteiger partial charge in [-0.05, 0) is 31.4 Å². The summed E-state index contributed by atoms with van der Waals surface area (Å²) in [5, 5.41) is 3.12. The molecule has 0 aromatic heterocycles. The van der Waals surface area contributed by atoms with Crippen molar-refractivity contribution in [3.63, 3.8) is 0 Å². The van der Waals surface area contributed by atoms with Crippen LogP contribution in [0.5, 0.6) is 11.5 Å². The molecule has 2 aliphatic rings. The van der Waals surface area contributed by atoms with Crippen molar-refractivity contribution >= 4 is 5.91 Å². The standard InChI is InChI=1S/C16H22N2O3/c1-20-13-5-6-14(15(9-13)21-2)16(19)17-11-7-8-18(10-11)12-3-4-12/h5-6,9,11-12H,3-4,7-8,10H2,1-2H3,(H,17,19)/t11-/m1/s1. The lowest BCUT2D eigenvalue weighted by Crippen LogP contribution is -2.37. The first kappa shape index (κ1) is 14.2. The molecule has 1 N–H and O–H groups in total. The van der Waals surface area contributed by atoms with Crippen LogP contribution in [0, 0.1) is 0 Å². The Labute approximate surface area is 125 Å². The van der Waals surface area contributed by atoms with Crippen LogP contribution in [-0.4, -0.2) is 50.2 Å². The molecule has 1 saturated carbocycles. The fourth-order valence-electron chi connectivity index (χ4n) is 2.93. The Balaban J connectivity index is 1.65. The third kappa shape index (κ3) is 3.13. The van der Waals surface area contributed by atoms with Crippen LogP contribution in [0.3, 0.4) is 0 Å². The van der Waals surface area contributed by atoms with Crippen LogP contribution in [0.4, 0.5) is 0 Å². The van der Waals surface area contributed by atoms with Crippen molar-refractivity contribution in [2.75, 3.05) is 27.3 Å². The maximum absolute atomic E-state index is 12.4. The van der Waals surface area contributed by atoms with Gasteiger partial charge in [-0.1, -0.05) is 0 Å². The largest absolute Gasteiger partial charge is 0.497 e. The molecule has 3 rings (SSSR count). The molecule has 0 unspecified atom stereocenters. The van der Waals surface area contributed by atoms with Crippen LogP contribution in [0.2, 0.25) is 0 Å². The van der Waals surface area contributed by atoms with Crippen LogP contribution < -0.4 is 14.8 Å². The lowest BCUT2D eigenvalue weighted by molar-refractivity contribution is 0.0934. The maximum atomic E-state index is 12.4.